The summed E-state index contributed by atoms with van der Waals surface area (Å²) in [6.07, 6.45) is -10.7. The van der Waals surface area contributed by atoms with E-state index in [4.69, 9.17) is 33.2 Å². The van der Waals surface area contributed by atoms with Gasteiger partial charge in [0.15, 0.2) is 23.6 Å². The molecule has 2 saturated carbocycles. The van der Waals surface area contributed by atoms with Gasteiger partial charge in [-0.1, -0.05) is 69.0 Å². The molecule has 16 heteroatoms. The average molecular weight is 891 g/mol. The number of benzene rings is 2. The van der Waals surface area contributed by atoms with Crippen LogP contribution in [0.5, 0.6) is 0 Å². The molecule has 0 unspecified atom stereocenters. The number of rotatable bonds is 11. The molecule has 0 radical (unpaired) electrons. The van der Waals surface area contributed by atoms with Crippen LogP contribution in [0.3, 0.4) is 0 Å². The van der Waals surface area contributed by atoms with Gasteiger partial charge in [0.1, 0.15) is 29.5 Å². The molecular weight excluding hydrogens is 829 g/mol. The van der Waals surface area contributed by atoms with E-state index in [0.717, 1.165) is 4.90 Å². The zero-order chi connectivity index (χ0) is 47.3. The molecule has 6 rings (SSSR count). The van der Waals surface area contributed by atoms with Crippen molar-refractivity contribution in [2.24, 2.45) is 16.7 Å². The largest absolute Gasteiger partial charge is 0.487 e. The second-order valence-corrected chi connectivity index (χ2v) is 19.2. The van der Waals surface area contributed by atoms with Gasteiger partial charge in [-0.3, -0.25) is 4.79 Å². The van der Waals surface area contributed by atoms with Crippen LogP contribution in [0.4, 0.5) is 9.59 Å². The van der Waals surface area contributed by atoms with E-state index in [1.165, 1.54) is 21.2 Å². The molecule has 1 aliphatic heterocycles. The summed E-state index contributed by atoms with van der Waals surface area (Å²) in [7, 11) is 4.34. The predicted molar refractivity (Wildman–Crippen MR) is 230 cm³/mol. The molecule has 2 aromatic rings. The molecule has 4 aliphatic rings. The zero-order valence-electron chi connectivity index (χ0n) is 38.5. The van der Waals surface area contributed by atoms with Gasteiger partial charge in [0.2, 0.25) is 0 Å². The van der Waals surface area contributed by atoms with Gasteiger partial charge >= 0.3 is 24.1 Å². The molecule has 64 heavy (non-hydrogen) atoms. The number of nitrogens with one attached hydrogen (secondary N) is 1. The number of alkyl carbamates (subject to hydrolysis) is 1. The summed E-state index contributed by atoms with van der Waals surface area (Å²) in [5.41, 5.74) is -7.20. The molecule has 3 fully saturated rings. The van der Waals surface area contributed by atoms with E-state index in [1.54, 1.807) is 116 Å². The van der Waals surface area contributed by atoms with Crippen molar-refractivity contribution in [1.82, 2.24) is 10.2 Å². The number of methoxy groups -OCH3 is 1. The fourth-order valence-corrected chi connectivity index (χ4v) is 10.2. The standard InChI is InChI=1S/C48H62N2O14/c1-26(2)63-47-25-59-32(47)23-31(58-12)46(9)37(47)39(62-40(53)29-21-17-14-18-22-29)48(57)24-30(27(3)33(45(48,7)8)36(38(46)52)61-43(56)50(10)11)60-41(54)35(51)34(28-19-15-13-16-20-28)49-42(55)64-44(4,5)6/h13-22,30-32,34-37,39,51,57H,1,23-25H2,2-12H3,(H,49,55)/t30-,31-,32+,34-,35+,36+,37-,39-,46+,47-,48+/m0/s1. The van der Waals surface area contributed by atoms with E-state index >= 15 is 4.79 Å². The number of hydrogen-bond donors (Lipinski definition) is 3. The minimum absolute atomic E-state index is 0.0809. The smallest absolute Gasteiger partial charge is 0.410 e. The summed E-state index contributed by atoms with van der Waals surface area (Å²) < 4.78 is 43.3. The first kappa shape index (κ1) is 48.2. The van der Waals surface area contributed by atoms with Gasteiger partial charge in [0.05, 0.1) is 41.4 Å². The Hall–Kier alpha value is -5.29. The number of hydrogen-bond acceptors (Lipinski definition) is 14. The van der Waals surface area contributed by atoms with E-state index in [1.807, 2.05) is 0 Å². The lowest BCUT2D eigenvalue weighted by Gasteiger charge is -2.68. The van der Waals surface area contributed by atoms with Crippen molar-refractivity contribution in [3.05, 3.63) is 95.3 Å². The molecule has 11 atom stereocenters. The fraction of sp³-hybridized carbons (Fsp3) is 0.562. The summed E-state index contributed by atoms with van der Waals surface area (Å²) in [5, 5.41) is 28.3. The molecular formula is C48H62N2O14. The van der Waals surface area contributed by atoms with Crippen molar-refractivity contribution >= 4 is 29.9 Å². The number of amides is 2. The highest BCUT2D eigenvalue weighted by Gasteiger charge is 2.78. The first-order chi connectivity index (χ1) is 29.8. The van der Waals surface area contributed by atoms with Crippen LogP contribution >= 0.6 is 0 Å². The van der Waals surface area contributed by atoms with Crippen molar-refractivity contribution in [3.8, 4) is 0 Å². The highest BCUT2D eigenvalue weighted by molar-refractivity contribution is 5.95. The number of ether oxygens (including phenoxy) is 7. The van der Waals surface area contributed by atoms with E-state index in [-0.39, 0.29) is 35.5 Å². The molecule has 2 aromatic carbocycles. The van der Waals surface area contributed by atoms with Crippen molar-refractivity contribution in [3.63, 3.8) is 0 Å². The molecule has 0 aromatic heterocycles. The van der Waals surface area contributed by atoms with Gasteiger partial charge in [-0.05, 0) is 70.4 Å². The third kappa shape index (κ3) is 8.40. The van der Waals surface area contributed by atoms with Gasteiger partial charge in [-0.2, -0.15) is 0 Å². The van der Waals surface area contributed by atoms with Gasteiger partial charge in [-0.15, -0.1) is 0 Å². The third-order valence-electron chi connectivity index (χ3n) is 13.4. The maximum absolute atomic E-state index is 16.0. The number of aliphatic hydroxyl groups is 2. The summed E-state index contributed by atoms with van der Waals surface area (Å²) in [4.78, 5) is 72.8. The highest BCUT2D eigenvalue weighted by atomic mass is 16.6. The number of ketones is 1. The molecule has 2 bridgehead atoms. The van der Waals surface area contributed by atoms with Crippen LogP contribution in [0, 0.1) is 16.7 Å². The van der Waals surface area contributed by atoms with Crippen LogP contribution in [-0.4, -0.2) is 126 Å². The Morgan fingerprint density at radius 3 is 2.11 bits per heavy atom. The maximum atomic E-state index is 16.0. The van der Waals surface area contributed by atoms with E-state index in [0.29, 0.717) is 5.56 Å². The average Bonchev–Trinajstić information content (AvgIpc) is 3.21. The lowest BCUT2D eigenvalue weighted by Crippen LogP contribution is -2.81. The summed E-state index contributed by atoms with van der Waals surface area (Å²) in [6.45, 7) is 17.0. The van der Waals surface area contributed by atoms with Crippen LogP contribution in [0.25, 0.3) is 0 Å². The fourth-order valence-electron chi connectivity index (χ4n) is 10.2. The lowest BCUT2D eigenvalue weighted by molar-refractivity contribution is -0.349. The van der Waals surface area contributed by atoms with Crippen molar-refractivity contribution < 1.29 is 67.3 Å². The van der Waals surface area contributed by atoms with E-state index in [9.17, 15) is 29.4 Å². The quantitative estimate of drug-likeness (QED) is 0.109. The Labute approximate surface area is 374 Å². The first-order valence-corrected chi connectivity index (χ1v) is 21.4. The molecule has 3 aliphatic carbocycles. The van der Waals surface area contributed by atoms with Crippen LogP contribution in [0.2, 0.25) is 0 Å². The number of fused-ring (bicyclic) bond motifs is 5. The van der Waals surface area contributed by atoms with Crippen LogP contribution in [0.15, 0.2) is 84.1 Å². The Kier molecular flexibility index (Phi) is 13.2. The normalized spacial score (nSPS) is 31.5. The van der Waals surface area contributed by atoms with E-state index < -0.39 is 113 Å². The molecule has 348 valence electrons. The first-order valence-electron chi connectivity index (χ1n) is 21.4. The number of allylic oxidation sites excluding steroid dienone is 1. The Morgan fingerprint density at radius 1 is 0.969 bits per heavy atom. The molecule has 1 saturated heterocycles. The Balaban J connectivity index is 1.57. The monoisotopic (exact) mass is 890 g/mol. The molecule has 16 nitrogen and oxygen atoms in total. The Morgan fingerprint density at radius 2 is 1.58 bits per heavy atom. The Bertz CT molecular complexity index is 2170. The SMILES string of the molecule is C=C(C)O[C@@]12CO[C@@H]1C[C@H](OC)[C@@]1(C)C(=O)[C@H](OC(=O)N(C)C)C3=C(C)[C@@H](OC(=O)[C@H](O)[C@@H](NC(=O)OC(C)(C)C)c4ccccc4)C[C@@](O)([C@@H](OC(=O)c4ccccc4)[C@H]21)C3(C)C. The van der Waals surface area contributed by atoms with Crippen LogP contribution < -0.4 is 5.32 Å². The van der Waals surface area contributed by atoms with Crippen molar-refractivity contribution in [2.75, 3.05) is 27.8 Å². The van der Waals surface area contributed by atoms with Gasteiger partial charge in [0.25, 0.3) is 0 Å². The molecule has 1 heterocycles. The minimum atomic E-state index is -2.29. The second-order valence-electron chi connectivity index (χ2n) is 19.2. The number of esters is 2. The minimum Gasteiger partial charge on any atom is -0.487 e. The highest BCUT2D eigenvalue weighted by Crippen LogP contribution is 2.65. The van der Waals surface area contributed by atoms with Gasteiger partial charge in [-0.25, -0.2) is 19.2 Å². The topological polar surface area (TPSA) is 206 Å². The summed E-state index contributed by atoms with van der Waals surface area (Å²) >= 11 is 0. The van der Waals surface area contributed by atoms with Crippen LogP contribution in [-0.2, 0) is 42.7 Å². The number of aliphatic hydroxyl groups excluding tert-OH is 1. The maximum Gasteiger partial charge on any atom is 0.410 e. The number of nitrogens with zero attached hydrogens (tertiary/aromatic N) is 1. The number of Topliss-reactive ketones (excluding diaryl/α,β-unsaturated/α-hetero) is 1. The lowest BCUT2D eigenvalue weighted by atomic mass is 9.44. The molecule has 2 amide bonds. The van der Waals surface area contributed by atoms with Crippen molar-refractivity contribution in [1.29, 1.82) is 0 Å². The van der Waals surface area contributed by atoms with Crippen LogP contribution in [0.1, 0.15) is 90.2 Å². The number of carbonyl (C=O) groups excluding carboxylic acids is 5. The van der Waals surface area contributed by atoms with Gasteiger partial charge in [0, 0.05) is 39.5 Å². The molecule has 0 spiro atoms. The van der Waals surface area contributed by atoms with Gasteiger partial charge < -0.3 is 53.6 Å². The summed E-state index contributed by atoms with van der Waals surface area (Å²) in [6, 6.07) is 15.0. The van der Waals surface area contributed by atoms with Crippen molar-refractivity contribution in [2.45, 2.75) is 128 Å². The van der Waals surface area contributed by atoms with E-state index in [2.05, 4.69) is 11.9 Å². The second kappa shape index (κ2) is 17.6. The molecule has 3 N–H and O–H groups in total. The number of carbonyl (C=O) groups is 5. The zero-order valence-corrected chi connectivity index (χ0v) is 38.5. The summed E-state index contributed by atoms with van der Waals surface area (Å²) in [5.74, 6) is -3.74. The third-order valence-corrected chi connectivity index (χ3v) is 13.4. The predicted octanol–water partition coefficient (Wildman–Crippen LogP) is 5.61.